The third kappa shape index (κ3) is 4.19. The van der Waals surface area contributed by atoms with E-state index in [1.165, 1.54) is 0 Å². The second-order valence-electron chi connectivity index (χ2n) is 2.15. The zero-order valence-electron chi connectivity index (χ0n) is 7.04. The van der Waals surface area contributed by atoms with Gasteiger partial charge in [-0.2, -0.15) is 0 Å². The van der Waals surface area contributed by atoms with Gasteiger partial charge in [0.2, 0.25) is 6.71 Å². The minimum atomic E-state index is 0.486. The molecule has 0 N–H and O–H groups in total. The predicted octanol–water partition coefficient (Wildman–Crippen LogP) is 2.83. The predicted molar refractivity (Wildman–Crippen MR) is 50.2 cm³/mol. The molecular formula is C9H15B. The Kier molecular flexibility index (Phi) is 5.95. The average molecular weight is 134 g/mol. The molecule has 1 heteroatoms. The lowest BCUT2D eigenvalue weighted by atomic mass is 9.50. The molecule has 0 aliphatic carbocycles. The molecule has 0 aliphatic heterocycles. The molecule has 0 atom stereocenters. The third-order valence-corrected chi connectivity index (χ3v) is 1.24. The van der Waals surface area contributed by atoms with E-state index in [9.17, 15) is 0 Å². The standard InChI is InChI=1S/C9H15B/c1-4-7-10(8-5-2)9-6-3/h4-9H,1-3H3. The summed E-state index contributed by atoms with van der Waals surface area (Å²) in [5, 5.41) is 0. The Bertz CT molecular complexity index is 114. The monoisotopic (exact) mass is 134 g/mol. The first-order valence-corrected chi connectivity index (χ1v) is 3.73. The Hall–Kier alpha value is -0.715. The summed E-state index contributed by atoms with van der Waals surface area (Å²) in [7, 11) is 0. The summed E-state index contributed by atoms with van der Waals surface area (Å²) < 4.78 is 0. The van der Waals surface area contributed by atoms with Gasteiger partial charge < -0.3 is 0 Å². The Morgan fingerprint density at radius 3 is 1.20 bits per heavy atom. The molecule has 0 spiro atoms. The van der Waals surface area contributed by atoms with Crippen molar-refractivity contribution in [1.29, 1.82) is 0 Å². The van der Waals surface area contributed by atoms with E-state index in [-0.39, 0.29) is 0 Å². The summed E-state index contributed by atoms with van der Waals surface area (Å²) in [6.45, 7) is 6.61. The van der Waals surface area contributed by atoms with Crippen LogP contribution in [-0.4, -0.2) is 6.71 Å². The van der Waals surface area contributed by atoms with Gasteiger partial charge in [-0.05, 0) is 20.8 Å². The zero-order chi connectivity index (χ0) is 7.82. The van der Waals surface area contributed by atoms with Gasteiger partial charge in [-0.1, -0.05) is 18.2 Å². The van der Waals surface area contributed by atoms with Crippen molar-refractivity contribution < 1.29 is 0 Å². The molecule has 0 nitrogen and oxygen atoms in total. The smallest absolute Gasteiger partial charge is 0.111 e. The number of hydrogen-bond acceptors (Lipinski definition) is 0. The van der Waals surface area contributed by atoms with Gasteiger partial charge in [0.15, 0.2) is 0 Å². The molecule has 54 valence electrons. The topological polar surface area (TPSA) is 0 Å². The second kappa shape index (κ2) is 6.41. The van der Waals surface area contributed by atoms with E-state index in [0.717, 1.165) is 0 Å². The SMILES string of the molecule is CC=CB(C=CC)C=CC. The number of hydrogen-bond donors (Lipinski definition) is 0. The van der Waals surface area contributed by atoms with Crippen molar-refractivity contribution in [2.24, 2.45) is 0 Å². The van der Waals surface area contributed by atoms with Gasteiger partial charge in [0, 0.05) is 0 Å². The van der Waals surface area contributed by atoms with Crippen LogP contribution in [0.4, 0.5) is 0 Å². The van der Waals surface area contributed by atoms with Crippen LogP contribution in [0.2, 0.25) is 0 Å². The Morgan fingerprint density at radius 2 is 1.00 bits per heavy atom. The maximum Gasteiger partial charge on any atom is 0.217 e. The summed E-state index contributed by atoms with van der Waals surface area (Å²) >= 11 is 0. The Balaban J connectivity index is 3.97. The van der Waals surface area contributed by atoms with Gasteiger partial charge in [-0.3, -0.25) is 0 Å². The minimum Gasteiger partial charge on any atom is -0.111 e. The summed E-state index contributed by atoms with van der Waals surface area (Å²) in [4.78, 5) is 0. The van der Waals surface area contributed by atoms with Gasteiger partial charge in [0.25, 0.3) is 0 Å². The Labute approximate surface area is 64.4 Å². The maximum atomic E-state index is 2.17. The first kappa shape index (κ1) is 9.28. The first-order chi connectivity index (χ1) is 4.85. The summed E-state index contributed by atoms with van der Waals surface area (Å²) in [6.07, 6.45) is 6.22. The van der Waals surface area contributed by atoms with Crippen LogP contribution in [0.15, 0.2) is 36.2 Å². The van der Waals surface area contributed by atoms with E-state index in [4.69, 9.17) is 0 Å². The molecule has 0 saturated heterocycles. The third-order valence-electron chi connectivity index (χ3n) is 1.24. The van der Waals surface area contributed by atoms with Crippen LogP contribution in [0.1, 0.15) is 20.8 Å². The van der Waals surface area contributed by atoms with Crippen molar-refractivity contribution in [3.63, 3.8) is 0 Å². The zero-order valence-corrected chi connectivity index (χ0v) is 7.04. The summed E-state index contributed by atoms with van der Waals surface area (Å²) in [6, 6.07) is 0. The fourth-order valence-electron chi connectivity index (χ4n) is 0.859. The first-order valence-electron chi connectivity index (χ1n) is 3.73. The lowest BCUT2D eigenvalue weighted by Crippen LogP contribution is -2.00. The number of rotatable bonds is 3. The van der Waals surface area contributed by atoms with E-state index in [0.29, 0.717) is 6.71 Å². The normalized spacial score (nSPS) is 12.3. The molecule has 0 unspecified atom stereocenters. The molecule has 0 rings (SSSR count). The van der Waals surface area contributed by atoms with E-state index < -0.39 is 0 Å². The summed E-state index contributed by atoms with van der Waals surface area (Å²) in [5.74, 6) is 6.50. The lowest BCUT2D eigenvalue weighted by Gasteiger charge is -1.91. The molecule has 10 heavy (non-hydrogen) atoms. The highest BCUT2D eigenvalue weighted by Gasteiger charge is 1.95. The molecule has 0 saturated carbocycles. The highest BCUT2D eigenvalue weighted by atomic mass is 13.6. The minimum absolute atomic E-state index is 0.486. The molecule has 0 bridgehead atoms. The fourth-order valence-corrected chi connectivity index (χ4v) is 0.859. The van der Waals surface area contributed by atoms with Crippen molar-refractivity contribution in [2.45, 2.75) is 20.8 Å². The van der Waals surface area contributed by atoms with Crippen LogP contribution in [-0.2, 0) is 0 Å². The highest BCUT2D eigenvalue weighted by Crippen LogP contribution is 1.90. The Morgan fingerprint density at radius 1 is 0.700 bits per heavy atom. The molecule has 0 aromatic heterocycles. The maximum absolute atomic E-state index is 2.17. The molecule has 0 radical (unpaired) electrons. The lowest BCUT2D eigenvalue weighted by molar-refractivity contribution is 1.73. The van der Waals surface area contributed by atoms with Crippen molar-refractivity contribution in [3.8, 4) is 0 Å². The average Bonchev–Trinajstić information content (AvgIpc) is 1.90. The second-order valence-corrected chi connectivity index (χ2v) is 2.15. The van der Waals surface area contributed by atoms with Gasteiger partial charge in [-0.15, -0.1) is 17.9 Å². The molecule has 0 aliphatic rings. The quantitative estimate of drug-likeness (QED) is 0.520. The van der Waals surface area contributed by atoms with E-state index in [1.54, 1.807) is 0 Å². The fraction of sp³-hybridized carbons (Fsp3) is 0.333. The van der Waals surface area contributed by atoms with Crippen LogP contribution in [0.25, 0.3) is 0 Å². The molecule has 0 aromatic carbocycles. The molecule has 0 aromatic rings. The molecule has 0 heterocycles. The number of allylic oxidation sites excluding steroid dienone is 3. The largest absolute Gasteiger partial charge is 0.217 e. The van der Waals surface area contributed by atoms with E-state index >= 15 is 0 Å². The molecular weight excluding hydrogens is 119 g/mol. The highest BCUT2D eigenvalue weighted by molar-refractivity contribution is 6.74. The molecule has 0 fully saturated rings. The van der Waals surface area contributed by atoms with Crippen molar-refractivity contribution in [1.82, 2.24) is 0 Å². The van der Waals surface area contributed by atoms with E-state index in [2.05, 4.69) is 36.2 Å². The van der Waals surface area contributed by atoms with Gasteiger partial charge in [0.1, 0.15) is 0 Å². The van der Waals surface area contributed by atoms with Gasteiger partial charge >= 0.3 is 0 Å². The molecule has 0 amide bonds. The van der Waals surface area contributed by atoms with Gasteiger partial charge in [0.05, 0.1) is 0 Å². The van der Waals surface area contributed by atoms with Crippen molar-refractivity contribution in [2.75, 3.05) is 0 Å². The van der Waals surface area contributed by atoms with Crippen molar-refractivity contribution >= 4 is 6.71 Å². The van der Waals surface area contributed by atoms with Crippen molar-refractivity contribution in [3.05, 3.63) is 36.2 Å². The van der Waals surface area contributed by atoms with E-state index in [1.807, 2.05) is 20.8 Å². The van der Waals surface area contributed by atoms with Crippen LogP contribution in [0, 0.1) is 0 Å². The van der Waals surface area contributed by atoms with Crippen LogP contribution in [0.5, 0.6) is 0 Å². The van der Waals surface area contributed by atoms with Crippen LogP contribution < -0.4 is 0 Å². The van der Waals surface area contributed by atoms with Crippen LogP contribution >= 0.6 is 0 Å². The summed E-state index contributed by atoms with van der Waals surface area (Å²) in [5.41, 5.74) is 0. The van der Waals surface area contributed by atoms with Crippen LogP contribution in [0.3, 0.4) is 0 Å². The van der Waals surface area contributed by atoms with Gasteiger partial charge in [-0.25, -0.2) is 0 Å².